The molecule has 0 aromatic rings. The molecule has 1 rings (SSSR count). The van der Waals surface area contributed by atoms with E-state index in [0.717, 1.165) is 0 Å². The fourth-order valence-electron chi connectivity index (χ4n) is 1.85. The number of aliphatic carboxylic acids is 1. The van der Waals surface area contributed by atoms with Gasteiger partial charge in [0.05, 0.1) is 19.3 Å². The largest absolute Gasteiger partial charge is 0.481 e. The van der Waals surface area contributed by atoms with Crippen LogP contribution in [-0.2, 0) is 9.53 Å². The Morgan fingerprint density at radius 2 is 2.00 bits per heavy atom. The third-order valence-corrected chi connectivity index (χ3v) is 2.74. The first kappa shape index (κ1) is 12.8. The van der Waals surface area contributed by atoms with E-state index < -0.39 is 11.9 Å². The van der Waals surface area contributed by atoms with Gasteiger partial charge < -0.3 is 19.6 Å². The number of carboxylic acid groups (broad SMARTS) is 1. The highest BCUT2D eigenvalue weighted by atomic mass is 16.5. The van der Waals surface area contributed by atoms with Crippen molar-refractivity contribution in [3.8, 4) is 0 Å². The maximum atomic E-state index is 11.8. The summed E-state index contributed by atoms with van der Waals surface area (Å²) in [6, 6.07) is -0.540. The third kappa shape index (κ3) is 2.44. The molecule has 0 saturated carbocycles. The second-order valence-corrected chi connectivity index (χ2v) is 4.01. The standard InChI is InChI=1S/C10H18N2O4/c1-4-12(10(15)11(2)3)8-6-16-5-7(8)9(13)14/h7-8H,4-6H2,1-3H3,(H,13,14). The van der Waals surface area contributed by atoms with Crippen LogP contribution in [-0.4, -0.2) is 66.8 Å². The number of nitrogens with zero attached hydrogens (tertiary/aromatic N) is 2. The Hall–Kier alpha value is -1.30. The number of ether oxygens (including phenoxy) is 1. The van der Waals surface area contributed by atoms with E-state index in [9.17, 15) is 9.59 Å². The van der Waals surface area contributed by atoms with Crippen molar-refractivity contribution >= 4 is 12.0 Å². The third-order valence-electron chi connectivity index (χ3n) is 2.74. The number of carboxylic acids is 1. The van der Waals surface area contributed by atoms with E-state index in [1.807, 2.05) is 6.92 Å². The van der Waals surface area contributed by atoms with Gasteiger partial charge in [-0.25, -0.2) is 4.79 Å². The summed E-state index contributed by atoms with van der Waals surface area (Å²) in [5.74, 6) is -1.53. The summed E-state index contributed by atoms with van der Waals surface area (Å²) in [7, 11) is 3.30. The van der Waals surface area contributed by atoms with Gasteiger partial charge in [-0.15, -0.1) is 0 Å². The molecule has 1 aliphatic rings. The van der Waals surface area contributed by atoms with Gasteiger partial charge in [-0.05, 0) is 6.92 Å². The maximum absolute atomic E-state index is 11.8. The molecule has 92 valence electrons. The van der Waals surface area contributed by atoms with Crippen molar-refractivity contribution in [2.24, 2.45) is 5.92 Å². The average molecular weight is 230 g/mol. The van der Waals surface area contributed by atoms with Crippen molar-refractivity contribution in [3.05, 3.63) is 0 Å². The first-order chi connectivity index (χ1) is 7.49. The SMILES string of the molecule is CCN(C(=O)N(C)C)C1COCC1C(=O)O. The van der Waals surface area contributed by atoms with Gasteiger partial charge in [0.15, 0.2) is 0 Å². The Morgan fingerprint density at radius 3 is 2.44 bits per heavy atom. The van der Waals surface area contributed by atoms with Crippen LogP contribution in [0.5, 0.6) is 0 Å². The van der Waals surface area contributed by atoms with Crippen molar-refractivity contribution in [2.75, 3.05) is 33.9 Å². The van der Waals surface area contributed by atoms with Gasteiger partial charge in [0.1, 0.15) is 5.92 Å². The minimum absolute atomic E-state index is 0.177. The predicted molar refractivity (Wildman–Crippen MR) is 57.2 cm³/mol. The Kier molecular flexibility index (Phi) is 4.12. The summed E-state index contributed by atoms with van der Waals surface area (Å²) in [4.78, 5) is 25.8. The number of hydrogen-bond acceptors (Lipinski definition) is 3. The zero-order chi connectivity index (χ0) is 12.3. The fourth-order valence-corrected chi connectivity index (χ4v) is 1.85. The van der Waals surface area contributed by atoms with Crippen molar-refractivity contribution in [3.63, 3.8) is 0 Å². The summed E-state index contributed by atoms with van der Waals surface area (Å²) >= 11 is 0. The van der Waals surface area contributed by atoms with Crippen LogP contribution in [0.1, 0.15) is 6.92 Å². The number of carbonyl (C=O) groups excluding carboxylic acids is 1. The lowest BCUT2D eigenvalue weighted by molar-refractivity contribution is -0.142. The molecule has 6 heteroatoms. The molecular weight excluding hydrogens is 212 g/mol. The summed E-state index contributed by atoms with van der Waals surface area (Å²) in [6.07, 6.45) is 0. The number of urea groups is 1. The van der Waals surface area contributed by atoms with E-state index in [0.29, 0.717) is 13.2 Å². The quantitative estimate of drug-likeness (QED) is 0.746. The first-order valence-electron chi connectivity index (χ1n) is 5.27. The Labute approximate surface area is 94.8 Å². The van der Waals surface area contributed by atoms with E-state index in [4.69, 9.17) is 9.84 Å². The summed E-state index contributed by atoms with van der Waals surface area (Å²) in [5.41, 5.74) is 0. The van der Waals surface area contributed by atoms with Crippen LogP contribution in [0.15, 0.2) is 0 Å². The Morgan fingerprint density at radius 1 is 1.38 bits per heavy atom. The minimum atomic E-state index is -0.910. The van der Waals surface area contributed by atoms with Crippen LogP contribution < -0.4 is 0 Å². The van der Waals surface area contributed by atoms with Crippen molar-refractivity contribution in [2.45, 2.75) is 13.0 Å². The van der Waals surface area contributed by atoms with Crippen molar-refractivity contribution < 1.29 is 19.4 Å². The second kappa shape index (κ2) is 5.16. The lowest BCUT2D eigenvalue weighted by Gasteiger charge is -2.31. The molecule has 1 aliphatic heterocycles. The van der Waals surface area contributed by atoms with E-state index in [2.05, 4.69) is 0 Å². The van der Waals surface area contributed by atoms with Crippen molar-refractivity contribution in [1.29, 1.82) is 0 Å². The first-order valence-corrected chi connectivity index (χ1v) is 5.27. The average Bonchev–Trinajstić information content (AvgIpc) is 2.67. The highest BCUT2D eigenvalue weighted by molar-refractivity contribution is 5.77. The van der Waals surface area contributed by atoms with E-state index in [1.54, 1.807) is 19.0 Å². The second-order valence-electron chi connectivity index (χ2n) is 4.01. The summed E-state index contributed by atoms with van der Waals surface area (Å²) in [6.45, 7) is 2.79. The molecule has 2 amide bonds. The van der Waals surface area contributed by atoms with Gasteiger partial charge in [0, 0.05) is 20.6 Å². The van der Waals surface area contributed by atoms with Crippen LogP contribution in [0.25, 0.3) is 0 Å². The lowest BCUT2D eigenvalue weighted by atomic mass is 10.0. The number of hydrogen-bond donors (Lipinski definition) is 1. The smallest absolute Gasteiger partial charge is 0.319 e. The molecule has 6 nitrogen and oxygen atoms in total. The predicted octanol–water partition coefficient (Wildman–Crippen LogP) is 0.0895. The topological polar surface area (TPSA) is 70.1 Å². The molecule has 2 atom stereocenters. The fraction of sp³-hybridized carbons (Fsp3) is 0.800. The Balaban J connectivity index is 2.79. The zero-order valence-corrected chi connectivity index (χ0v) is 9.84. The van der Waals surface area contributed by atoms with Crippen molar-refractivity contribution in [1.82, 2.24) is 9.80 Å². The highest BCUT2D eigenvalue weighted by Gasteiger charge is 2.39. The van der Waals surface area contributed by atoms with Crippen LogP contribution in [0.4, 0.5) is 4.79 Å². The normalized spacial score (nSPS) is 24.2. The monoisotopic (exact) mass is 230 g/mol. The molecular formula is C10H18N2O4. The molecule has 0 radical (unpaired) electrons. The molecule has 1 fully saturated rings. The molecule has 1 saturated heterocycles. The number of amides is 2. The molecule has 0 spiro atoms. The van der Waals surface area contributed by atoms with Gasteiger partial charge in [0.25, 0.3) is 0 Å². The van der Waals surface area contributed by atoms with Crippen LogP contribution in [0.2, 0.25) is 0 Å². The van der Waals surface area contributed by atoms with Gasteiger partial charge in [-0.1, -0.05) is 0 Å². The van der Waals surface area contributed by atoms with Crippen LogP contribution >= 0.6 is 0 Å². The molecule has 1 heterocycles. The minimum Gasteiger partial charge on any atom is -0.481 e. The van der Waals surface area contributed by atoms with Gasteiger partial charge in [0.2, 0.25) is 0 Å². The van der Waals surface area contributed by atoms with Gasteiger partial charge in [-0.3, -0.25) is 4.79 Å². The molecule has 2 unspecified atom stereocenters. The van der Waals surface area contributed by atoms with Gasteiger partial charge >= 0.3 is 12.0 Å². The number of carbonyl (C=O) groups is 2. The van der Waals surface area contributed by atoms with Crippen LogP contribution in [0.3, 0.4) is 0 Å². The molecule has 1 N–H and O–H groups in total. The maximum Gasteiger partial charge on any atom is 0.319 e. The molecule has 0 aromatic carbocycles. The summed E-state index contributed by atoms with van der Waals surface area (Å²) in [5, 5.41) is 9.02. The lowest BCUT2D eigenvalue weighted by Crippen LogP contribution is -2.50. The number of rotatable bonds is 3. The zero-order valence-electron chi connectivity index (χ0n) is 9.84. The van der Waals surface area contributed by atoms with Crippen LogP contribution in [0, 0.1) is 5.92 Å². The molecule has 0 aromatic heterocycles. The molecule has 0 bridgehead atoms. The Bertz CT molecular complexity index is 280. The van der Waals surface area contributed by atoms with Gasteiger partial charge in [-0.2, -0.15) is 0 Å². The summed E-state index contributed by atoms with van der Waals surface area (Å²) < 4.78 is 5.15. The van der Waals surface area contributed by atoms with E-state index >= 15 is 0 Å². The molecule has 0 aliphatic carbocycles. The molecule has 16 heavy (non-hydrogen) atoms. The van der Waals surface area contributed by atoms with E-state index in [1.165, 1.54) is 4.90 Å². The highest BCUT2D eigenvalue weighted by Crippen LogP contribution is 2.20. The van der Waals surface area contributed by atoms with E-state index in [-0.39, 0.29) is 18.7 Å². The number of likely N-dealkylation sites (N-methyl/N-ethyl adjacent to an activating group) is 1.